The molecule has 2 aliphatic carbocycles. The zero-order chi connectivity index (χ0) is 15.0. The van der Waals surface area contributed by atoms with Gasteiger partial charge in [0.05, 0.1) is 0 Å². The average Bonchev–Trinajstić information content (AvgIpc) is 2.36. The minimum atomic E-state index is -0.777. The fraction of sp³-hybridized carbons (Fsp3) is 0.867. The fourth-order valence-corrected chi connectivity index (χ4v) is 3.60. The second-order valence-electron chi connectivity index (χ2n) is 7.49. The summed E-state index contributed by atoms with van der Waals surface area (Å²) in [7, 11) is 0. The van der Waals surface area contributed by atoms with Crippen LogP contribution in [0.15, 0.2) is 5.16 Å². The number of nitrogens with zero attached hydrogens (tertiary/aromatic N) is 1. The van der Waals surface area contributed by atoms with Gasteiger partial charge in [-0.3, -0.25) is 4.79 Å². The van der Waals surface area contributed by atoms with E-state index in [1.165, 1.54) is 0 Å². The molecule has 0 heterocycles. The Bertz CT molecular complexity index is 401. The second-order valence-corrected chi connectivity index (χ2v) is 7.49. The van der Waals surface area contributed by atoms with Crippen LogP contribution in [0, 0.1) is 16.7 Å². The third-order valence-electron chi connectivity index (χ3n) is 5.10. The molecule has 4 N–H and O–H groups in total. The molecule has 0 spiro atoms. The van der Waals surface area contributed by atoms with Crippen LogP contribution in [0.4, 0.5) is 0 Å². The molecular weight excluding hydrogens is 254 g/mol. The molecule has 0 atom stereocenters. The van der Waals surface area contributed by atoms with Gasteiger partial charge in [-0.05, 0) is 49.9 Å². The molecule has 0 unspecified atom stereocenters. The summed E-state index contributed by atoms with van der Waals surface area (Å²) in [5.41, 5.74) is 5.37. The first-order valence-corrected chi connectivity index (χ1v) is 7.58. The Morgan fingerprint density at radius 1 is 1.30 bits per heavy atom. The van der Waals surface area contributed by atoms with Crippen LogP contribution < -0.4 is 11.1 Å². The zero-order valence-corrected chi connectivity index (χ0v) is 12.8. The minimum absolute atomic E-state index is 0.0595. The van der Waals surface area contributed by atoms with Crippen molar-refractivity contribution in [2.45, 2.75) is 65.3 Å². The van der Waals surface area contributed by atoms with Crippen molar-refractivity contribution in [2.75, 3.05) is 0 Å². The lowest BCUT2D eigenvalue weighted by Crippen LogP contribution is -2.58. The molecule has 0 aliphatic heterocycles. The Labute approximate surface area is 121 Å². The van der Waals surface area contributed by atoms with E-state index in [9.17, 15) is 4.79 Å². The molecule has 2 saturated carbocycles. The standard InChI is InChI=1S/C15H27N3O2/c1-10-8-15(9-10,12(16)18-20)13(19)17-11-4-6-14(2,3)7-5-11/h10-11,20H,4-9H2,1-3H3,(H2,16,18)(H,17,19). The van der Waals surface area contributed by atoms with Crippen molar-refractivity contribution in [1.29, 1.82) is 0 Å². The first kappa shape index (κ1) is 15.1. The van der Waals surface area contributed by atoms with E-state index in [1.807, 2.05) is 0 Å². The highest BCUT2D eigenvalue weighted by molar-refractivity contribution is 6.07. The van der Waals surface area contributed by atoms with Crippen molar-refractivity contribution in [3.63, 3.8) is 0 Å². The van der Waals surface area contributed by atoms with Crippen LogP contribution in [-0.2, 0) is 4.79 Å². The maximum atomic E-state index is 12.5. The predicted molar refractivity (Wildman–Crippen MR) is 78.4 cm³/mol. The first-order chi connectivity index (χ1) is 9.29. The quantitative estimate of drug-likeness (QED) is 0.321. The first-order valence-electron chi connectivity index (χ1n) is 7.58. The van der Waals surface area contributed by atoms with Gasteiger partial charge in [-0.25, -0.2) is 0 Å². The van der Waals surface area contributed by atoms with Gasteiger partial charge < -0.3 is 16.3 Å². The summed E-state index contributed by atoms with van der Waals surface area (Å²) < 4.78 is 0. The van der Waals surface area contributed by atoms with Gasteiger partial charge >= 0.3 is 0 Å². The third-order valence-corrected chi connectivity index (χ3v) is 5.10. The lowest BCUT2D eigenvalue weighted by atomic mass is 9.61. The van der Waals surface area contributed by atoms with Gasteiger partial charge in [-0.2, -0.15) is 0 Å². The van der Waals surface area contributed by atoms with E-state index in [4.69, 9.17) is 10.9 Å². The van der Waals surface area contributed by atoms with Crippen molar-refractivity contribution < 1.29 is 10.0 Å². The van der Waals surface area contributed by atoms with Crippen molar-refractivity contribution in [3.8, 4) is 0 Å². The second kappa shape index (κ2) is 5.26. The summed E-state index contributed by atoms with van der Waals surface area (Å²) in [5.74, 6) is 0.450. The highest BCUT2D eigenvalue weighted by Crippen LogP contribution is 2.46. The van der Waals surface area contributed by atoms with Crippen molar-refractivity contribution >= 4 is 11.7 Å². The monoisotopic (exact) mass is 281 g/mol. The SMILES string of the molecule is CC1CC(C(=O)NC2CCC(C)(C)CC2)(C(N)=NO)C1. The summed E-state index contributed by atoms with van der Waals surface area (Å²) in [6.45, 7) is 6.63. The Morgan fingerprint density at radius 2 is 1.85 bits per heavy atom. The van der Waals surface area contributed by atoms with Gasteiger partial charge in [0.15, 0.2) is 5.84 Å². The maximum Gasteiger partial charge on any atom is 0.234 e. The molecule has 20 heavy (non-hydrogen) atoms. The molecule has 2 rings (SSSR count). The Hall–Kier alpha value is -1.26. The molecule has 0 aromatic rings. The summed E-state index contributed by atoms with van der Waals surface area (Å²) in [6, 6.07) is 0.231. The molecule has 1 amide bonds. The van der Waals surface area contributed by atoms with E-state index in [0.29, 0.717) is 24.2 Å². The topological polar surface area (TPSA) is 87.7 Å². The van der Waals surface area contributed by atoms with E-state index in [-0.39, 0.29) is 17.8 Å². The number of carbonyl (C=O) groups excluding carboxylic acids is 1. The van der Waals surface area contributed by atoms with Gasteiger partial charge in [-0.15, -0.1) is 0 Å². The number of hydrogen-bond acceptors (Lipinski definition) is 3. The molecule has 5 nitrogen and oxygen atoms in total. The number of oxime groups is 1. The van der Waals surface area contributed by atoms with Gasteiger partial charge in [0.1, 0.15) is 5.41 Å². The lowest BCUT2D eigenvalue weighted by molar-refractivity contribution is -0.134. The Kier molecular flexibility index (Phi) is 3.98. The van der Waals surface area contributed by atoms with Gasteiger partial charge in [0.25, 0.3) is 0 Å². The smallest absolute Gasteiger partial charge is 0.234 e. The highest BCUT2D eigenvalue weighted by Gasteiger charge is 2.52. The molecule has 0 radical (unpaired) electrons. The van der Waals surface area contributed by atoms with Crippen molar-refractivity contribution in [1.82, 2.24) is 5.32 Å². The number of hydrogen-bond donors (Lipinski definition) is 3. The van der Waals surface area contributed by atoms with E-state index >= 15 is 0 Å². The fourth-order valence-electron chi connectivity index (χ4n) is 3.60. The molecular formula is C15H27N3O2. The summed E-state index contributed by atoms with van der Waals surface area (Å²) in [6.07, 6.45) is 5.64. The summed E-state index contributed by atoms with van der Waals surface area (Å²) in [4.78, 5) is 12.5. The highest BCUT2D eigenvalue weighted by atomic mass is 16.4. The van der Waals surface area contributed by atoms with Gasteiger partial charge in [0.2, 0.25) is 5.91 Å². The van der Waals surface area contributed by atoms with Crippen LogP contribution in [0.2, 0.25) is 0 Å². The third kappa shape index (κ3) is 2.76. The summed E-state index contributed by atoms with van der Waals surface area (Å²) >= 11 is 0. The maximum absolute atomic E-state index is 12.5. The zero-order valence-electron chi connectivity index (χ0n) is 12.8. The number of carbonyl (C=O) groups is 1. The van der Waals surface area contributed by atoms with Crippen molar-refractivity contribution in [3.05, 3.63) is 0 Å². The minimum Gasteiger partial charge on any atom is -0.409 e. The van der Waals surface area contributed by atoms with E-state index in [1.54, 1.807) is 0 Å². The van der Waals surface area contributed by atoms with Crippen LogP contribution in [0.1, 0.15) is 59.3 Å². The van der Waals surface area contributed by atoms with Gasteiger partial charge in [-0.1, -0.05) is 25.9 Å². The van der Waals surface area contributed by atoms with E-state index in [2.05, 4.69) is 31.2 Å². The number of amidine groups is 1. The number of nitrogens with one attached hydrogen (secondary N) is 1. The van der Waals surface area contributed by atoms with E-state index in [0.717, 1.165) is 25.7 Å². The van der Waals surface area contributed by atoms with Gasteiger partial charge in [0, 0.05) is 6.04 Å². The largest absolute Gasteiger partial charge is 0.409 e. The summed E-state index contributed by atoms with van der Waals surface area (Å²) in [5, 5.41) is 15.1. The van der Waals surface area contributed by atoms with Crippen LogP contribution in [0.5, 0.6) is 0 Å². The number of nitrogens with two attached hydrogens (primary N) is 1. The molecule has 2 fully saturated rings. The predicted octanol–water partition coefficient (Wildman–Crippen LogP) is 2.23. The van der Waals surface area contributed by atoms with Crippen LogP contribution >= 0.6 is 0 Å². The Balaban J connectivity index is 1.97. The van der Waals surface area contributed by atoms with Crippen LogP contribution in [0.25, 0.3) is 0 Å². The molecule has 0 aromatic heterocycles. The average molecular weight is 281 g/mol. The molecule has 0 bridgehead atoms. The molecule has 0 saturated heterocycles. The van der Waals surface area contributed by atoms with Crippen LogP contribution in [0.3, 0.4) is 0 Å². The Morgan fingerprint density at radius 3 is 2.30 bits per heavy atom. The van der Waals surface area contributed by atoms with E-state index < -0.39 is 5.41 Å². The van der Waals surface area contributed by atoms with Crippen LogP contribution in [-0.4, -0.2) is 23.0 Å². The lowest BCUT2D eigenvalue weighted by Gasteiger charge is -2.45. The van der Waals surface area contributed by atoms with Crippen molar-refractivity contribution in [2.24, 2.45) is 27.6 Å². The molecule has 114 valence electrons. The molecule has 2 aliphatic rings. The number of rotatable bonds is 3. The molecule has 5 heteroatoms. The normalized spacial score (nSPS) is 34.4. The molecule has 0 aromatic carbocycles. The number of amides is 1.